The number of nitrogens with zero attached hydrogens (tertiary/aromatic N) is 1. The van der Waals surface area contributed by atoms with Gasteiger partial charge in [-0.15, -0.1) is 11.8 Å². The van der Waals surface area contributed by atoms with Crippen molar-refractivity contribution in [2.45, 2.75) is 43.7 Å². The molecule has 3 nitrogen and oxygen atoms in total. The normalized spacial score (nSPS) is 29.6. The van der Waals surface area contributed by atoms with Gasteiger partial charge < -0.3 is 10.2 Å². The van der Waals surface area contributed by atoms with Crippen molar-refractivity contribution in [2.75, 3.05) is 20.1 Å². The zero-order valence-electron chi connectivity index (χ0n) is 10.2. The SMILES string of the molecule is CC.CC1SC2(CCN(C)CC2)NC1=O. The molecule has 0 aromatic rings. The number of hydrogen-bond acceptors (Lipinski definition) is 3. The average Bonchev–Trinajstić information content (AvgIpc) is 2.51. The van der Waals surface area contributed by atoms with Crippen molar-refractivity contribution in [3.05, 3.63) is 0 Å². The molecule has 1 atom stereocenters. The van der Waals surface area contributed by atoms with Crippen LogP contribution in [0.15, 0.2) is 0 Å². The van der Waals surface area contributed by atoms with Gasteiger partial charge in [-0.25, -0.2) is 0 Å². The maximum atomic E-state index is 11.4. The molecular formula is C11H22N2OS. The predicted octanol–water partition coefficient (Wildman–Crippen LogP) is 1.69. The fourth-order valence-corrected chi connectivity index (χ4v) is 3.39. The second-order valence-electron chi connectivity index (χ2n) is 4.05. The molecule has 15 heavy (non-hydrogen) atoms. The lowest BCUT2D eigenvalue weighted by atomic mass is 10.0. The number of hydrogen-bond donors (Lipinski definition) is 1. The third kappa shape index (κ3) is 2.88. The minimum atomic E-state index is 0.0724. The Morgan fingerprint density at radius 2 is 1.93 bits per heavy atom. The lowest BCUT2D eigenvalue weighted by molar-refractivity contribution is -0.120. The van der Waals surface area contributed by atoms with Gasteiger partial charge in [-0.3, -0.25) is 4.79 Å². The molecule has 1 amide bonds. The lowest BCUT2D eigenvalue weighted by Crippen LogP contribution is -2.48. The molecule has 0 aromatic heterocycles. The molecular weight excluding hydrogens is 208 g/mol. The number of thioether (sulfide) groups is 1. The molecule has 88 valence electrons. The van der Waals surface area contributed by atoms with E-state index in [1.165, 1.54) is 0 Å². The molecule has 1 N–H and O–H groups in total. The highest BCUT2D eigenvalue weighted by molar-refractivity contribution is 8.02. The van der Waals surface area contributed by atoms with Crippen LogP contribution in [0.5, 0.6) is 0 Å². The summed E-state index contributed by atoms with van der Waals surface area (Å²) in [4.78, 5) is 13.8. The molecule has 0 aliphatic carbocycles. The van der Waals surface area contributed by atoms with Gasteiger partial charge in [0.1, 0.15) is 0 Å². The first-order chi connectivity index (χ1) is 7.11. The monoisotopic (exact) mass is 230 g/mol. The molecule has 0 aromatic carbocycles. The van der Waals surface area contributed by atoms with Crippen molar-refractivity contribution in [2.24, 2.45) is 0 Å². The number of rotatable bonds is 0. The molecule has 2 heterocycles. The Hall–Kier alpha value is -0.220. The van der Waals surface area contributed by atoms with Gasteiger partial charge in [0, 0.05) is 13.1 Å². The number of likely N-dealkylation sites (tertiary alicyclic amines) is 1. The molecule has 2 aliphatic heterocycles. The summed E-state index contributed by atoms with van der Waals surface area (Å²) in [6.45, 7) is 8.19. The topological polar surface area (TPSA) is 32.3 Å². The standard InChI is InChI=1S/C9H16N2OS.C2H6/c1-7-8(12)10-9(13-7)3-5-11(2)6-4-9;1-2/h7H,3-6H2,1-2H3,(H,10,12);1-2H3. The Morgan fingerprint density at radius 1 is 1.40 bits per heavy atom. The molecule has 2 rings (SSSR count). The molecule has 0 saturated carbocycles. The molecule has 1 unspecified atom stereocenters. The van der Waals surface area contributed by atoms with E-state index in [1.54, 1.807) is 0 Å². The maximum Gasteiger partial charge on any atom is 0.234 e. The van der Waals surface area contributed by atoms with Crippen LogP contribution in [-0.4, -0.2) is 41.1 Å². The molecule has 2 saturated heterocycles. The van der Waals surface area contributed by atoms with Gasteiger partial charge in [0.05, 0.1) is 10.1 Å². The van der Waals surface area contributed by atoms with E-state index in [1.807, 2.05) is 32.5 Å². The Kier molecular flexibility index (Phi) is 4.46. The van der Waals surface area contributed by atoms with E-state index in [2.05, 4.69) is 17.3 Å². The van der Waals surface area contributed by atoms with Crippen molar-refractivity contribution in [1.82, 2.24) is 10.2 Å². The van der Waals surface area contributed by atoms with Crippen LogP contribution < -0.4 is 5.32 Å². The minimum Gasteiger partial charge on any atom is -0.341 e. The summed E-state index contributed by atoms with van der Waals surface area (Å²) in [5.41, 5.74) is 0. The minimum absolute atomic E-state index is 0.0724. The summed E-state index contributed by atoms with van der Waals surface area (Å²) in [5.74, 6) is 0.217. The smallest absolute Gasteiger partial charge is 0.234 e. The van der Waals surface area contributed by atoms with Gasteiger partial charge in [-0.1, -0.05) is 13.8 Å². The van der Waals surface area contributed by atoms with Gasteiger partial charge in [-0.2, -0.15) is 0 Å². The van der Waals surface area contributed by atoms with E-state index in [0.717, 1.165) is 25.9 Å². The highest BCUT2D eigenvalue weighted by atomic mass is 32.2. The summed E-state index contributed by atoms with van der Waals surface area (Å²) in [5, 5.41) is 3.28. The first-order valence-corrected chi connectivity index (χ1v) is 6.68. The zero-order chi connectivity index (χ0) is 11.5. The summed E-state index contributed by atoms with van der Waals surface area (Å²) < 4.78 is 0. The van der Waals surface area contributed by atoms with E-state index in [4.69, 9.17) is 0 Å². The van der Waals surface area contributed by atoms with E-state index in [-0.39, 0.29) is 16.0 Å². The van der Waals surface area contributed by atoms with Crippen LogP contribution in [0.4, 0.5) is 0 Å². The number of carbonyl (C=O) groups excluding carboxylic acids is 1. The van der Waals surface area contributed by atoms with Gasteiger partial charge in [0.15, 0.2) is 0 Å². The predicted molar refractivity (Wildman–Crippen MR) is 66.0 cm³/mol. The van der Waals surface area contributed by atoms with E-state index >= 15 is 0 Å². The molecule has 2 aliphatic rings. The van der Waals surface area contributed by atoms with E-state index in [9.17, 15) is 4.79 Å². The summed E-state index contributed by atoms with van der Waals surface area (Å²) in [6, 6.07) is 0. The fraction of sp³-hybridized carbons (Fsp3) is 0.909. The largest absolute Gasteiger partial charge is 0.341 e. The molecule has 0 radical (unpaired) electrons. The molecule has 2 fully saturated rings. The Labute approximate surface area is 97.0 Å². The van der Waals surface area contributed by atoms with Crippen molar-refractivity contribution < 1.29 is 4.79 Å². The quantitative estimate of drug-likeness (QED) is 0.687. The van der Waals surface area contributed by atoms with Crippen LogP contribution in [0, 0.1) is 0 Å². The second-order valence-corrected chi connectivity index (χ2v) is 5.77. The Morgan fingerprint density at radius 3 is 2.33 bits per heavy atom. The first kappa shape index (κ1) is 12.8. The summed E-state index contributed by atoms with van der Waals surface area (Å²) in [6.07, 6.45) is 2.18. The van der Waals surface area contributed by atoms with Crippen LogP contribution in [0.1, 0.15) is 33.6 Å². The van der Waals surface area contributed by atoms with Gasteiger partial charge >= 0.3 is 0 Å². The van der Waals surface area contributed by atoms with Gasteiger partial charge in [0.25, 0.3) is 0 Å². The van der Waals surface area contributed by atoms with Crippen LogP contribution in [0.25, 0.3) is 0 Å². The highest BCUT2D eigenvalue weighted by Crippen LogP contribution is 2.40. The number of amides is 1. The van der Waals surface area contributed by atoms with Crippen molar-refractivity contribution >= 4 is 17.7 Å². The third-order valence-electron chi connectivity index (χ3n) is 2.92. The summed E-state index contributed by atoms with van der Waals surface area (Å²) >= 11 is 1.81. The number of carbonyl (C=O) groups is 1. The molecule has 4 heteroatoms. The average molecular weight is 230 g/mol. The molecule has 0 bridgehead atoms. The van der Waals surface area contributed by atoms with Crippen molar-refractivity contribution in [1.29, 1.82) is 0 Å². The Balaban J connectivity index is 0.000000531. The number of nitrogens with one attached hydrogen (secondary N) is 1. The van der Waals surface area contributed by atoms with Gasteiger partial charge in [0.2, 0.25) is 5.91 Å². The van der Waals surface area contributed by atoms with Crippen LogP contribution in [0.2, 0.25) is 0 Å². The van der Waals surface area contributed by atoms with Crippen LogP contribution in [-0.2, 0) is 4.79 Å². The fourth-order valence-electron chi connectivity index (χ4n) is 1.97. The van der Waals surface area contributed by atoms with Crippen LogP contribution in [0.3, 0.4) is 0 Å². The van der Waals surface area contributed by atoms with Crippen LogP contribution >= 0.6 is 11.8 Å². The van der Waals surface area contributed by atoms with E-state index in [0.29, 0.717) is 0 Å². The Bertz CT molecular complexity index is 225. The molecule has 1 spiro atoms. The van der Waals surface area contributed by atoms with Crippen molar-refractivity contribution in [3.8, 4) is 0 Å². The zero-order valence-corrected chi connectivity index (χ0v) is 11.0. The number of piperidine rings is 1. The third-order valence-corrected chi connectivity index (χ3v) is 4.45. The first-order valence-electron chi connectivity index (χ1n) is 5.80. The van der Waals surface area contributed by atoms with Gasteiger partial charge in [-0.05, 0) is 26.8 Å². The lowest BCUT2D eigenvalue weighted by Gasteiger charge is -2.36. The second kappa shape index (κ2) is 5.21. The highest BCUT2D eigenvalue weighted by Gasteiger charge is 2.44. The van der Waals surface area contributed by atoms with Crippen molar-refractivity contribution in [3.63, 3.8) is 0 Å². The summed E-state index contributed by atoms with van der Waals surface area (Å²) in [7, 11) is 2.14. The van der Waals surface area contributed by atoms with E-state index < -0.39 is 0 Å². The maximum absolute atomic E-state index is 11.4.